The van der Waals surface area contributed by atoms with E-state index < -0.39 is 41.5 Å². The number of nitrogens with one attached hydrogen (secondary N) is 2. The number of hydrogen-bond donors (Lipinski definition) is 2. The Morgan fingerprint density at radius 3 is 2.29 bits per heavy atom. The van der Waals surface area contributed by atoms with Crippen LogP contribution in [0.2, 0.25) is 5.02 Å². The average molecular weight is 452 g/mol. The number of amides is 2. The van der Waals surface area contributed by atoms with Crippen LogP contribution in [0.4, 0.5) is 11.4 Å². The largest absolute Gasteiger partial charge is 0.497 e. The lowest BCUT2D eigenvalue weighted by Gasteiger charge is -2.10. The number of methoxy groups -OCH3 is 2. The summed E-state index contributed by atoms with van der Waals surface area (Å²) in [6.45, 7) is -1.14. The van der Waals surface area contributed by atoms with Crippen molar-refractivity contribution in [2.45, 2.75) is 0 Å². The van der Waals surface area contributed by atoms with Gasteiger partial charge in [-0.05, 0) is 12.1 Å². The number of benzene rings is 2. The van der Waals surface area contributed by atoms with E-state index in [-0.39, 0.29) is 10.6 Å². The zero-order chi connectivity index (χ0) is 23.0. The molecule has 0 fully saturated rings. The fraction of sp³-hybridized carbons (Fsp3) is 0.211. The first-order valence-electron chi connectivity index (χ1n) is 8.64. The van der Waals surface area contributed by atoms with E-state index in [1.165, 1.54) is 26.4 Å². The summed E-state index contributed by atoms with van der Waals surface area (Å²) in [5.74, 6) is -1.34. The highest BCUT2D eigenvalue weighted by Gasteiger charge is 2.17. The van der Waals surface area contributed by atoms with Crippen LogP contribution < -0.4 is 20.1 Å². The minimum absolute atomic E-state index is 0.0615. The first-order valence-corrected chi connectivity index (χ1v) is 9.02. The van der Waals surface area contributed by atoms with E-state index in [9.17, 15) is 24.5 Å². The molecule has 0 saturated carbocycles. The molecule has 0 radical (unpaired) electrons. The van der Waals surface area contributed by atoms with Gasteiger partial charge in [0.15, 0.2) is 6.61 Å². The van der Waals surface area contributed by atoms with Gasteiger partial charge in [0.2, 0.25) is 0 Å². The van der Waals surface area contributed by atoms with E-state index in [0.29, 0.717) is 17.2 Å². The molecule has 2 amide bonds. The summed E-state index contributed by atoms with van der Waals surface area (Å²) >= 11 is 5.69. The Labute approximate surface area is 181 Å². The molecule has 0 unspecified atom stereocenters. The van der Waals surface area contributed by atoms with Gasteiger partial charge < -0.3 is 24.8 Å². The van der Waals surface area contributed by atoms with Crippen LogP contribution in [0.5, 0.6) is 11.5 Å². The maximum atomic E-state index is 12.0. The molecule has 0 heterocycles. The van der Waals surface area contributed by atoms with E-state index in [4.69, 9.17) is 25.8 Å². The predicted molar refractivity (Wildman–Crippen MR) is 110 cm³/mol. The zero-order valence-corrected chi connectivity index (χ0v) is 17.2. The summed E-state index contributed by atoms with van der Waals surface area (Å²) in [4.78, 5) is 45.9. The fourth-order valence-corrected chi connectivity index (χ4v) is 2.51. The molecule has 0 aromatic heterocycles. The molecule has 164 valence electrons. The van der Waals surface area contributed by atoms with Crippen LogP contribution in [0.15, 0.2) is 36.4 Å². The Bertz CT molecular complexity index is 989. The Balaban J connectivity index is 1.84. The highest BCUT2D eigenvalue weighted by atomic mass is 35.5. The molecule has 2 rings (SSSR count). The highest BCUT2D eigenvalue weighted by Crippen LogP contribution is 2.26. The number of carbonyl (C=O) groups is 3. The maximum absolute atomic E-state index is 12.0. The minimum atomic E-state index is -0.879. The number of nitrogens with zero attached hydrogens (tertiary/aromatic N) is 1. The van der Waals surface area contributed by atoms with Crippen molar-refractivity contribution in [1.29, 1.82) is 0 Å². The van der Waals surface area contributed by atoms with Crippen LogP contribution in [0.25, 0.3) is 0 Å². The third-order valence-corrected chi connectivity index (χ3v) is 4.12. The SMILES string of the molecule is COc1cc(NC(=O)COC(=O)CNC(=O)c2ccc(Cl)c([N+](=O)[O-])c2)cc(OC)c1. The molecule has 0 spiro atoms. The lowest BCUT2D eigenvalue weighted by atomic mass is 10.2. The van der Waals surface area contributed by atoms with Crippen LogP contribution in [-0.4, -0.2) is 50.1 Å². The number of rotatable bonds is 9. The van der Waals surface area contributed by atoms with E-state index in [1.54, 1.807) is 18.2 Å². The van der Waals surface area contributed by atoms with Crippen molar-refractivity contribution < 1.29 is 33.5 Å². The molecule has 0 saturated heterocycles. The first-order chi connectivity index (χ1) is 14.7. The quantitative estimate of drug-likeness (QED) is 0.335. The van der Waals surface area contributed by atoms with Crippen molar-refractivity contribution in [2.75, 3.05) is 32.7 Å². The van der Waals surface area contributed by atoms with E-state index >= 15 is 0 Å². The van der Waals surface area contributed by atoms with Gasteiger partial charge in [-0.25, -0.2) is 0 Å². The molecule has 2 N–H and O–H groups in total. The van der Waals surface area contributed by atoms with Gasteiger partial charge in [-0.1, -0.05) is 11.6 Å². The van der Waals surface area contributed by atoms with E-state index in [2.05, 4.69) is 10.6 Å². The minimum Gasteiger partial charge on any atom is -0.497 e. The van der Waals surface area contributed by atoms with Crippen molar-refractivity contribution >= 4 is 40.8 Å². The lowest BCUT2D eigenvalue weighted by molar-refractivity contribution is -0.384. The average Bonchev–Trinajstić information content (AvgIpc) is 2.75. The van der Waals surface area contributed by atoms with Gasteiger partial charge in [-0.2, -0.15) is 0 Å². The topological polar surface area (TPSA) is 146 Å². The Kier molecular flexibility index (Phi) is 8.15. The second-order valence-corrected chi connectivity index (χ2v) is 6.32. The Hall–Kier alpha value is -3.86. The molecular formula is C19H18ClN3O8. The van der Waals surface area contributed by atoms with Crippen LogP contribution in [0.3, 0.4) is 0 Å². The number of ether oxygens (including phenoxy) is 3. The van der Waals surface area contributed by atoms with Crippen molar-refractivity contribution in [1.82, 2.24) is 5.32 Å². The predicted octanol–water partition coefficient (Wildman–Crippen LogP) is 2.18. The van der Waals surface area contributed by atoms with Crippen LogP contribution in [0.1, 0.15) is 10.4 Å². The normalized spacial score (nSPS) is 10.0. The van der Waals surface area contributed by atoms with Crippen molar-refractivity contribution in [2.24, 2.45) is 0 Å². The van der Waals surface area contributed by atoms with Gasteiger partial charge in [0.1, 0.15) is 23.1 Å². The molecular weight excluding hydrogens is 434 g/mol. The van der Waals surface area contributed by atoms with Gasteiger partial charge in [0.25, 0.3) is 17.5 Å². The monoisotopic (exact) mass is 451 g/mol. The highest BCUT2D eigenvalue weighted by molar-refractivity contribution is 6.32. The smallest absolute Gasteiger partial charge is 0.325 e. The molecule has 0 atom stereocenters. The number of hydrogen-bond acceptors (Lipinski definition) is 8. The number of anilines is 1. The van der Waals surface area contributed by atoms with Crippen molar-refractivity contribution in [3.8, 4) is 11.5 Å². The summed E-state index contributed by atoms with van der Waals surface area (Å²) in [5, 5.41) is 15.5. The summed E-state index contributed by atoms with van der Waals surface area (Å²) < 4.78 is 15.0. The number of esters is 1. The van der Waals surface area contributed by atoms with Crippen LogP contribution in [-0.2, 0) is 14.3 Å². The van der Waals surface area contributed by atoms with Crippen molar-refractivity contribution in [3.63, 3.8) is 0 Å². The number of nitro benzene ring substituents is 1. The molecule has 0 aliphatic rings. The first kappa shape index (κ1) is 23.4. The molecule has 0 aliphatic carbocycles. The number of nitro groups is 1. The molecule has 31 heavy (non-hydrogen) atoms. The fourth-order valence-electron chi connectivity index (χ4n) is 2.32. The van der Waals surface area contributed by atoms with Gasteiger partial charge in [0, 0.05) is 35.5 Å². The van der Waals surface area contributed by atoms with Gasteiger partial charge in [-0.15, -0.1) is 0 Å². The third-order valence-electron chi connectivity index (χ3n) is 3.80. The summed E-state index contributed by atoms with van der Waals surface area (Å²) in [7, 11) is 2.91. The van der Waals surface area contributed by atoms with Gasteiger partial charge in [-0.3, -0.25) is 24.5 Å². The maximum Gasteiger partial charge on any atom is 0.325 e. The molecule has 12 heteroatoms. The zero-order valence-electron chi connectivity index (χ0n) is 16.5. The summed E-state index contributed by atoms with van der Waals surface area (Å²) in [5.41, 5.74) is -0.133. The molecule has 0 aliphatic heterocycles. The van der Waals surface area contributed by atoms with Crippen LogP contribution >= 0.6 is 11.6 Å². The summed E-state index contributed by atoms with van der Waals surface area (Å²) in [6, 6.07) is 8.17. The number of halogens is 1. The van der Waals surface area contributed by atoms with E-state index in [1.807, 2.05) is 0 Å². The third kappa shape index (κ3) is 6.85. The van der Waals surface area contributed by atoms with Crippen molar-refractivity contribution in [3.05, 3.63) is 57.1 Å². The lowest BCUT2D eigenvalue weighted by Crippen LogP contribution is -2.32. The van der Waals surface area contributed by atoms with Crippen LogP contribution in [0, 0.1) is 10.1 Å². The van der Waals surface area contributed by atoms with Gasteiger partial charge >= 0.3 is 5.97 Å². The Morgan fingerprint density at radius 2 is 1.71 bits per heavy atom. The molecule has 2 aromatic rings. The molecule has 2 aromatic carbocycles. The second-order valence-electron chi connectivity index (χ2n) is 5.92. The molecule has 11 nitrogen and oxygen atoms in total. The molecule has 0 bridgehead atoms. The standard InChI is InChI=1S/C19H18ClN3O8/c1-29-13-6-12(7-14(8-13)30-2)22-17(24)10-31-18(25)9-21-19(26)11-3-4-15(20)16(5-11)23(27)28/h3-8H,9-10H2,1-2H3,(H,21,26)(H,22,24). The summed E-state index contributed by atoms with van der Waals surface area (Å²) in [6.07, 6.45) is 0. The Morgan fingerprint density at radius 1 is 1.06 bits per heavy atom. The van der Waals surface area contributed by atoms with E-state index in [0.717, 1.165) is 6.07 Å². The second kappa shape index (κ2) is 10.8. The number of carbonyl (C=O) groups excluding carboxylic acids is 3. The van der Waals surface area contributed by atoms with Gasteiger partial charge in [0.05, 0.1) is 19.1 Å².